The maximum atomic E-state index is 12.7. The summed E-state index contributed by atoms with van der Waals surface area (Å²) in [6.45, 7) is 0.254. The van der Waals surface area contributed by atoms with Gasteiger partial charge in [-0.15, -0.1) is 0 Å². The molecule has 1 unspecified atom stereocenters. The van der Waals surface area contributed by atoms with Crippen molar-refractivity contribution in [3.63, 3.8) is 0 Å². The number of benzene rings is 3. The summed E-state index contributed by atoms with van der Waals surface area (Å²) < 4.78 is 10.7. The van der Waals surface area contributed by atoms with E-state index in [1.807, 2.05) is 48.5 Å². The predicted molar refractivity (Wildman–Crippen MR) is 108 cm³/mol. The molecule has 0 aliphatic carbocycles. The second-order valence-corrected chi connectivity index (χ2v) is 6.80. The number of methoxy groups -OCH3 is 1. The third-order valence-corrected chi connectivity index (χ3v) is 5.02. The highest BCUT2D eigenvalue weighted by molar-refractivity contribution is 6.06. The summed E-state index contributed by atoms with van der Waals surface area (Å²) >= 11 is 0. The summed E-state index contributed by atoms with van der Waals surface area (Å²) in [5, 5.41) is 11.0. The first-order valence-corrected chi connectivity index (χ1v) is 9.18. The van der Waals surface area contributed by atoms with E-state index in [2.05, 4.69) is 0 Å². The van der Waals surface area contributed by atoms with Gasteiger partial charge < -0.3 is 14.4 Å². The lowest BCUT2D eigenvalue weighted by atomic mass is 10.1. The van der Waals surface area contributed by atoms with Gasteiger partial charge >= 0.3 is 5.97 Å². The van der Waals surface area contributed by atoms with E-state index >= 15 is 0 Å². The third-order valence-electron chi connectivity index (χ3n) is 5.02. The van der Waals surface area contributed by atoms with Crippen LogP contribution in [-0.4, -0.2) is 25.5 Å². The van der Waals surface area contributed by atoms with E-state index in [9.17, 15) is 9.59 Å². The van der Waals surface area contributed by atoms with E-state index in [4.69, 9.17) is 14.7 Å². The number of carbonyl (C=O) groups excluding carboxylic acids is 2. The van der Waals surface area contributed by atoms with Crippen molar-refractivity contribution in [2.24, 2.45) is 5.92 Å². The standard InChI is InChI=1S/C23H18N2O4/c1-28-21-11-15(13-24)9-10-20(21)29-23(27)17-12-22(26)25(14-17)19-8-4-6-16-5-2-3-7-18(16)19/h2-11,17H,12,14H2,1H3. The zero-order valence-corrected chi connectivity index (χ0v) is 15.8. The molecule has 6 nitrogen and oxygen atoms in total. The lowest BCUT2D eigenvalue weighted by Gasteiger charge is -2.19. The van der Waals surface area contributed by atoms with Gasteiger partial charge in [0.2, 0.25) is 5.91 Å². The van der Waals surface area contributed by atoms with Crippen LogP contribution in [0.3, 0.4) is 0 Å². The molecular formula is C23H18N2O4. The van der Waals surface area contributed by atoms with Crippen LogP contribution in [0, 0.1) is 17.2 Å². The number of esters is 1. The van der Waals surface area contributed by atoms with Crippen molar-refractivity contribution in [2.75, 3.05) is 18.6 Å². The minimum absolute atomic E-state index is 0.0840. The fourth-order valence-electron chi connectivity index (χ4n) is 3.56. The highest BCUT2D eigenvalue weighted by atomic mass is 16.6. The molecule has 3 aromatic carbocycles. The molecule has 1 aliphatic heterocycles. The van der Waals surface area contributed by atoms with Crippen LogP contribution < -0.4 is 14.4 Å². The summed E-state index contributed by atoms with van der Waals surface area (Å²) in [5.41, 5.74) is 1.19. The number of nitriles is 1. The average Bonchev–Trinajstić information content (AvgIpc) is 3.15. The fraction of sp³-hybridized carbons (Fsp3) is 0.174. The van der Waals surface area contributed by atoms with Crippen molar-refractivity contribution >= 4 is 28.3 Å². The van der Waals surface area contributed by atoms with Gasteiger partial charge in [-0.3, -0.25) is 9.59 Å². The van der Waals surface area contributed by atoms with Gasteiger partial charge in [-0.05, 0) is 23.6 Å². The Morgan fingerprint density at radius 3 is 2.69 bits per heavy atom. The third kappa shape index (κ3) is 3.50. The van der Waals surface area contributed by atoms with Crippen molar-refractivity contribution in [3.8, 4) is 17.6 Å². The molecule has 1 saturated heterocycles. The smallest absolute Gasteiger partial charge is 0.316 e. The van der Waals surface area contributed by atoms with Gasteiger partial charge in [0.1, 0.15) is 0 Å². The number of carbonyl (C=O) groups is 2. The topological polar surface area (TPSA) is 79.6 Å². The number of hydrogen-bond acceptors (Lipinski definition) is 5. The van der Waals surface area contributed by atoms with E-state index in [0.29, 0.717) is 11.3 Å². The first-order valence-electron chi connectivity index (χ1n) is 9.18. The van der Waals surface area contributed by atoms with Gasteiger partial charge in [-0.2, -0.15) is 5.26 Å². The molecule has 1 amide bonds. The quantitative estimate of drug-likeness (QED) is 0.505. The van der Waals surface area contributed by atoms with E-state index < -0.39 is 11.9 Å². The number of amides is 1. The zero-order valence-electron chi connectivity index (χ0n) is 15.8. The molecule has 4 rings (SSSR count). The van der Waals surface area contributed by atoms with Crippen LogP contribution in [0.1, 0.15) is 12.0 Å². The van der Waals surface area contributed by atoms with Crippen LogP contribution in [-0.2, 0) is 9.59 Å². The Kier molecular flexibility index (Phi) is 4.88. The first kappa shape index (κ1) is 18.5. The van der Waals surface area contributed by atoms with E-state index in [-0.39, 0.29) is 24.6 Å². The highest BCUT2D eigenvalue weighted by Crippen LogP contribution is 2.33. The summed E-state index contributed by atoms with van der Waals surface area (Å²) in [6.07, 6.45) is 0.0840. The van der Waals surface area contributed by atoms with Crippen molar-refractivity contribution in [1.82, 2.24) is 0 Å². The van der Waals surface area contributed by atoms with Gasteiger partial charge in [-0.1, -0.05) is 36.4 Å². The van der Waals surface area contributed by atoms with Gasteiger partial charge in [0.15, 0.2) is 11.5 Å². The van der Waals surface area contributed by atoms with Gasteiger partial charge in [-0.25, -0.2) is 0 Å². The Morgan fingerprint density at radius 2 is 1.90 bits per heavy atom. The second kappa shape index (κ2) is 7.64. The maximum Gasteiger partial charge on any atom is 0.316 e. The molecule has 1 atom stereocenters. The van der Waals surface area contributed by atoms with Gasteiger partial charge in [0.25, 0.3) is 0 Å². The molecule has 0 saturated carbocycles. The summed E-state index contributed by atoms with van der Waals surface area (Å²) in [6, 6.07) is 20.2. The first-order chi connectivity index (χ1) is 14.1. The Bertz CT molecular complexity index is 1140. The number of anilines is 1. The average molecular weight is 386 g/mol. The molecule has 0 aromatic heterocycles. The number of hydrogen-bond donors (Lipinski definition) is 0. The van der Waals surface area contributed by atoms with Crippen molar-refractivity contribution in [3.05, 3.63) is 66.2 Å². The van der Waals surface area contributed by atoms with Crippen LogP contribution in [0.4, 0.5) is 5.69 Å². The molecule has 0 bridgehead atoms. The molecule has 1 aliphatic rings. The Balaban J connectivity index is 1.55. The van der Waals surface area contributed by atoms with E-state index in [1.165, 1.54) is 19.2 Å². The van der Waals surface area contributed by atoms with Crippen LogP contribution >= 0.6 is 0 Å². The molecule has 29 heavy (non-hydrogen) atoms. The van der Waals surface area contributed by atoms with Crippen LogP contribution in [0.5, 0.6) is 11.5 Å². The molecule has 0 spiro atoms. The van der Waals surface area contributed by atoms with E-state index in [1.54, 1.807) is 11.0 Å². The van der Waals surface area contributed by atoms with Gasteiger partial charge in [0, 0.05) is 24.4 Å². The minimum atomic E-state index is -0.582. The summed E-state index contributed by atoms with van der Waals surface area (Å²) in [7, 11) is 1.44. The van der Waals surface area contributed by atoms with Gasteiger partial charge in [0.05, 0.1) is 30.3 Å². The Morgan fingerprint density at radius 1 is 1.10 bits per heavy atom. The van der Waals surface area contributed by atoms with Crippen molar-refractivity contribution < 1.29 is 19.1 Å². The zero-order chi connectivity index (χ0) is 20.4. The fourth-order valence-corrected chi connectivity index (χ4v) is 3.56. The number of fused-ring (bicyclic) bond motifs is 1. The largest absolute Gasteiger partial charge is 0.493 e. The van der Waals surface area contributed by atoms with Crippen LogP contribution in [0.2, 0.25) is 0 Å². The number of nitrogens with zero attached hydrogens (tertiary/aromatic N) is 2. The Hall–Kier alpha value is -3.85. The number of rotatable bonds is 4. The molecule has 3 aromatic rings. The Labute approximate surface area is 167 Å². The molecule has 1 fully saturated rings. The SMILES string of the molecule is COc1cc(C#N)ccc1OC(=O)C1CC(=O)N(c2cccc3ccccc23)C1. The monoisotopic (exact) mass is 386 g/mol. The van der Waals surface area contributed by atoms with E-state index in [0.717, 1.165) is 16.5 Å². The molecule has 0 radical (unpaired) electrons. The van der Waals surface area contributed by atoms with Crippen LogP contribution in [0.15, 0.2) is 60.7 Å². The summed E-state index contributed by atoms with van der Waals surface area (Å²) in [4.78, 5) is 27.0. The molecule has 6 heteroatoms. The lowest BCUT2D eigenvalue weighted by Crippen LogP contribution is -2.27. The second-order valence-electron chi connectivity index (χ2n) is 6.80. The highest BCUT2D eigenvalue weighted by Gasteiger charge is 2.37. The molecule has 144 valence electrons. The minimum Gasteiger partial charge on any atom is -0.493 e. The number of ether oxygens (including phenoxy) is 2. The maximum absolute atomic E-state index is 12.7. The normalized spacial score (nSPS) is 15.9. The lowest BCUT2D eigenvalue weighted by molar-refractivity contribution is -0.139. The van der Waals surface area contributed by atoms with Crippen molar-refractivity contribution in [1.29, 1.82) is 5.26 Å². The molecule has 0 N–H and O–H groups in total. The summed E-state index contributed by atoms with van der Waals surface area (Å²) in [5.74, 6) is -0.666. The van der Waals surface area contributed by atoms with Crippen LogP contribution in [0.25, 0.3) is 10.8 Å². The predicted octanol–water partition coefficient (Wildman–Crippen LogP) is 3.68. The molecular weight excluding hydrogens is 368 g/mol. The van der Waals surface area contributed by atoms with Crippen molar-refractivity contribution in [2.45, 2.75) is 6.42 Å². The molecule has 1 heterocycles.